The Bertz CT molecular complexity index is 748. The Balaban J connectivity index is 1.86. The summed E-state index contributed by atoms with van der Waals surface area (Å²) in [5, 5.41) is 3.58. The van der Waals surface area contributed by atoms with Crippen molar-refractivity contribution in [1.29, 1.82) is 0 Å². The quantitative estimate of drug-likeness (QED) is 0.827. The molecule has 2 fully saturated rings. The molecule has 1 amide bonds. The molecule has 1 aromatic carbocycles. The van der Waals surface area contributed by atoms with E-state index in [1.807, 2.05) is 37.1 Å². The summed E-state index contributed by atoms with van der Waals surface area (Å²) in [4.78, 5) is 14.3. The molecule has 3 rings (SSSR count). The molecule has 2 saturated heterocycles. The zero-order valence-electron chi connectivity index (χ0n) is 15.5. The van der Waals surface area contributed by atoms with Crippen molar-refractivity contribution in [1.82, 2.24) is 10.2 Å². The molecule has 1 aromatic rings. The standard InChI is InChI=1S/C21H27FN2O/c1-5-17(19(22)14(2)3)15-7-6-8-16(13-15)18-9-10-21(23-18)11-12-24(4)20(21)25/h5-8,13,18,23H,9-12H2,1-4H3/b17-5-/t18-,21+/m0/s1. The van der Waals surface area contributed by atoms with Crippen molar-refractivity contribution in [3.05, 3.63) is 52.9 Å². The number of hydrogen-bond acceptors (Lipinski definition) is 2. The van der Waals surface area contributed by atoms with Gasteiger partial charge in [-0.1, -0.05) is 24.3 Å². The summed E-state index contributed by atoms with van der Waals surface area (Å²) in [6.07, 6.45) is 4.48. The van der Waals surface area contributed by atoms with Gasteiger partial charge in [-0.25, -0.2) is 4.39 Å². The highest BCUT2D eigenvalue weighted by molar-refractivity contribution is 5.88. The van der Waals surface area contributed by atoms with Crippen LogP contribution in [0.5, 0.6) is 0 Å². The minimum absolute atomic E-state index is 0.142. The molecule has 1 N–H and O–H groups in total. The van der Waals surface area contributed by atoms with E-state index in [-0.39, 0.29) is 17.8 Å². The lowest BCUT2D eigenvalue weighted by Gasteiger charge is -2.23. The topological polar surface area (TPSA) is 32.3 Å². The van der Waals surface area contributed by atoms with Crippen LogP contribution in [0.3, 0.4) is 0 Å². The first kappa shape index (κ1) is 17.9. The Labute approximate surface area is 149 Å². The molecule has 0 bridgehead atoms. The van der Waals surface area contributed by atoms with Crippen molar-refractivity contribution >= 4 is 11.5 Å². The van der Waals surface area contributed by atoms with E-state index >= 15 is 0 Å². The van der Waals surface area contributed by atoms with E-state index in [0.29, 0.717) is 11.1 Å². The first-order valence-electron chi connectivity index (χ1n) is 9.01. The van der Waals surface area contributed by atoms with Gasteiger partial charge in [0.2, 0.25) is 5.91 Å². The highest BCUT2D eigenvalue weighted by Crippen LogP contribution is 2.39. The molecule has 3 nitrogen and oxygen atoms in total. The smallest absolute Gasteiger partial charge is 0.242 e. The fourth-order valence-corrected chi connectivity index (χ4v) is 4.03. The largest absolute Gasteiger partial charge is 0.344 e. The molecule has 4 heteroatoms. The zero-order valence-corrected chi connectivity index (χ0v) is 15.5. The normalized spacial score (nSPS) is 26.6. The second-order valence-corrected chi connectivity index (χ2v) is 7.44. The lowest BCUT2D eigenvalue weighted by molar-refractivity contribution is -0.131. The maximum Gasteiger partial charge on any atom is 0.242 e. The van der Waals surface area contributed by atoms with Crippen LogP contribution in [-0.2, 0) is 4.79 Å². The molecule has 1 spiro atoms. The van der Waals surface area contributed by atoms with E-state index in [1.54, 1.807) is 13.8 Å². The molecule has 0 saturated carbocycles. The SMILES string of the molecule is C/C=C(\C(F)=C(C)C)c1cccc([C@@H]2CC[C@]3(CCN(C)C3=O)N2)c1. The van der Waals surface area contributed by atoms with Gasteiger partial charge >= 0.3 is 0 Å². The molecule has 0 unspecified atom stereocenters. The Morgan fingerprint density at radius 1 is 1.36 bits per heavy atom. The van der Waals surface area contributed by atoms with E-state index in [2.05, 4.69) is 17.4 Å². The number of hydrogen-bond donors (Lipinski definition) is 1. The lowest BCUT2D eigenvalue weighted by Crippen LogP contribution is -2.47. The average Bonchev–Trinajstić information content (AvgIpc) is 3.16. The molecule has 0 aliphatic carbocycles. The summed E-state index contributed by atoms with van der Waals surface area (Å²) >= 11 is 0. The van der Waals surface area contributed by atoms with Gasteiger partial charge in [-0.2, -0.15) is 0 Å². The number of nitrogens with zero attached hydrogens (tertiary/aromatic N) is 1. The first-order chi connectivity index (χ1) is 11.9. The number of rotatable bonds is 3. The molecule has 0 aromatic heterocycles. The molecular weight excluding hydrogens is 315 g/mol. The van der Waals surface area contributed by atoms with Gasteiger partial charge in [0.15, 0.2) is 0 Å². The molecule has 2 heterocycles. The van der Waals surface area contributed by atoms with Gasteiger partial charge in [0.05, 0.1) is 0 Å². The fourth-order valence-electron chi connectivity index (χ4n) is 4.03. The van der Waals surface area contributed by atoms with Crippen LogP contribution >= 0.6 is 0 Å². The molecular formula is C21H27FN2O. The van der Waals surface area contributed by atoms with E-state index < -0.39 is 5.54 Å². The maximum absolute atomic E-state index is 14.5. The number of allylic oxidation sites excluding steroid dienone is 4. The summed E-state index contributed by atoms with van der Waals surface area (Å²) in [5.41, 5.74) is 2.92. The maximum atomic E-state index is 14.5. The van der Waals surface area contributed by atoms with Crippen molar-refractivity contribution in [3.8, 4) is 0 Å². The number of carbonyl (C=O) groups is 1. The van der Waals surface area contributed by atoms with Crippen LogP contribution < -0.4 is 5.32 Å². The van der Waals surface area contributed by atoms with Gasteiger partial charge in [-0.3, -0.25) is 10.1 Å². The van der Waals surface area contributed by atoms with E-state index in [9.17, 15) is 9.18 Å². The molecule has 134 valence electrons. The van der Waals surface area contributed by atoms with Gasteiger partial charge in [0.25, 0.3) is 0 Å². The van der Waals surface area contributed by atoms with Crippen LogP contribution in [-0.4, -0.2) is 29.9 Å². The number of likely N-dealkylation sites (tertiary alicyclic amines) is 1. The Hall–Kier alpha value is -1.94. The van der Waals surface area contributed by atoms with Crippen LogP contribution in [0.2, 0.25) is 0 Å². The first-order valence-corrected chi connectivity index (χ1v) is 9.01. The van der Waals surface area contributed by atoms with Crippen molar-refractivity contribution in [2.24, 2.45) is 0 Å². The fraction of sp³-hybridized carbons (Fsp3) is 0.476. The van der Waals surface area contributed by atoms with Crippen molar-refractivity contribution in [2.45, 2.75) is 51.6 Å². The minimum Gasteiger partial charge on any atom is -0.344 e. The monoisotopic (exact) mass is 342 g/mol. The van der Waals surface area contributed by atoms with E-state index in [1.165, 1.54) is 0 Å². The van der Waals surface area contributed by atoms with Gasteiger partial charge in [-0.05, 0) is 62.8 Å². The van der Waals surface area contributed by atoms with E-state index in [4.69, 9.17) is 0 Å². The second kappa shape index (κ2) is 6.75. The van der Waals surface area contributed by atoms with Crippen LogP contribution in [0.15, 0.2) is 41.7 Å². The van der Waals surface area contributed by atoms with Gasteiger partial charge in [0.1, 0.15) is 11.4 Å². The molecule has 0 radical (unpaired) electrons. The number of carbonyl (C=O) groups excluding carboxylic acids is 1. The van der Waals surface area contributed by atoms with Crippen LogP contribution in [0.1, 0.15) is 57.2 Å². The number of benzene rings is 1. The van der Waals surface area contributed by atoms with Crippen molar-refractivity contribution in [3.63, 3.8) is 0 Å². The Morgan fingerprint density at radius 2 is 2.12 bits per heavy atom. The number of likely N-dealkylation sites (N-methyl/N-ethyl adjacent to an activating group) is 1. The Kier molecular flexibility index (Phi) is 4.83. The average molecular weight is 342 g/mol. The summed E-state index contributed by atoms with van der Waals surface area (Å²) in [5.74, 6) is 0.0407. The highest BCUT2D eigenvalue weighted by atomic mass is 19.1. The third-order valence-electron chi connectivity index (χ3n) is 5.50. The molecule has 2 aliphatic heterocycles. The summed E-state index contributed by atoms with van der Waals surface area (Å²) in [7, 11) is 1.87. The minimum atomic E-state index is -0.399. The second-order valence-electron chi connectivity index (χ2n) is 7.44. The number of halogens is 1. The predicted molar refractivity (Wildman–Crippen MR) is 99.7 cm³/mol. The van der Waals surface area contributed by atoms with Gasteiger partial charge in [-0.15, -0.1) is 0 Å². The number of amides is 1. The van der Waals surface area contributed by atoms with Crippen molar-refractivity contribution in [2.75, 3.05) is 13.6 Å². The van der Waals surface area contributed by atoms with Gasteiger partial charge < -0.3 is 4.90 Å². The zero-order chi connectivity index (χ0) is 18.2. The molecule has 2 aliphatic rings. The van der Waals surface area contributed by atoms with E-state index in [0.717, 1.165) is 36.9 Å². The van der Waals surface area contributed by atoms with Gasteiger partial charge in [0, 0.05) is 25.2 Å². The summed E-state index contributed by atoms with van der Waals surface area (Å²) < 4.78 is 14.5. The lowest BCUT2D eigenvalue weighted by atomic mass is 9.95. The third-order valence-corrected chi connectivity index (χ3v) is 5.50. The summed E-state index contributed by atoms with van der Waals surface area (Å²) in [6.45, 7) is 6.24. The Morgan fingerprint density at radius 3 is 2.72 bits per heavy atom. The van der Waals surface area contributed by atoms with Crippen LogP contribution in [0, 0.1) is 0 Å². The third kappa shape index (κ3) is 3.15. The molecule has 2 atom stereocenters. The van der Waals surface area contributed by atoms with Crippen molar-refractivity contribution < 1.29 is 9.18 Å². The molecule has 25 heavy (non-hydrogen) atoms. The van der Waals surface area contributed by atoms with Crippen LogP contribution in [0.4, 0.5) is 4.39 Å². The van der Waals surface area contributed by atoms with Crippen LogP contribution in [0.25, 0.3) is 5.57 Å². The summed E-state index contributed by atoms with van der Waals surface area (Å²) in [6, 6.07) is 8.18. The highest BCUT2D eigenvalue weighted by Gasteiger charge is 2.49. The predicted octanol–water partition coefficient (Wildman–Crippen LogP) is 4.38. The number of nitrogens with one attached hydrogen (secondary N) is 1.